The summed E-state index contributed by atoms with van der Waals surface area (Å²) in [6.07, 6.45) is 1.06. The van der Waals surface area contributed by atoms with Gasteiger partial charge in [-0.1, -0.05) is 42.0 Å². The number of halogens is 2. The SMILES string of the molecule is CNCC1CCN(C(=O)c2cc(-c3ccc(C)cc3C)nc3ccccc23)C1.Cl.Cl. The molecule has 6 heteroatoms. The lowest BCUT2D eigenvalue weighted by Crippen LogP contribution is -2.30. The Labute approximate surface area is 190 Å². The molecule has 0 bridgehead atoms. The second-order valence-electron chi connectivity index (χ2n) is 7.85. The number of benzene rings is 2. The van der Waals surface area contributed by atoms with E-state index in [9.17, 15) is 4.79 Å². The highest BCUT2D eigenvalue weighted by Gasteiger charge is 2.28. The van der Waals surface area contributed by atoms with Gasteiger partial charge in [-0.25, -0.2) is 4.98 Å². The quantitative estimate of drug-likeness (QED) is 0.611. The van der Waals surface area contributed by atoms with Crippen LogP contribution >= 0.6 is 24.8 Å². The molecular formula is C24H29Cl2N3O. The van der Waals surface area contributed by atoms with E-state index in [1.54, 1.807) is 0 Å². The van der Waals surface area contributed by atoms with Gasteiger partial charge in [0.25, 0.3) is 5.91 Å². The molecule has 3 aromatic rings. The molecule has 1 unspecified atom stereocenters. The standard InChI is InChI=1S/C24H27N3O.2ClH/c1-16-8-9-19(17(2)12-16)23-13-21(20-6-4-5-7-22(20)26-23)24(28)27-11-10-18(15-27)14-25-3;;/h4-9,12-13,18,25H,10-11,14-15H2,1-3H3;2*1H. The number of hydrogen-bond donors (Lipinski definition) is 1. The maximum Gasteiger partial charge on any atom is 0.254 e. The van der Waals surface area contributed by atoms with Crippen LogP contribution in [0.25, 0.3) is 22.2 Å². The Balaban J connectivity index is 0.00000160. The number of amides is 1. The predicted octanol–water partition coefficient (Wildman–Crippen LogP) is 5.04. The Bertz CT molecular complexity index is 1040. The number of para-hydroxylation sites is 1. The summed E-state index contributed by atoms with van der Waals surface area (Å²) in [7, 11) is 1.97. The summed E-state index contributed by atoms with van der Waals surface area (Å²) in [6.45, 7) is 6.78. The van der Waals surface area contributed by atoms with Crippen molar-refractivity contribution in [2.24, 2.45) is 5.92 Å². The van der Waals surface area contributed by atoms with E-state index < -0.39 is 0 Å². The highest BCUT2D eigenvalue weighted by molar-refractivity contribution is 6.07. The number of nitrogens with zero attached hydrogens (tertiary/aromatic N) is 2. The Morgan fingerprint density at radius 1 is 1.13 bits per heavy atom. The predicted molar refractivity (Wildman–Crippen MR) is 129 cm³/mol. The van der Waals surface area contributed by atoms with Crippen molar-refractivity contribution in [1.82, 2.24) is 15.2 Å². The molecule has 30 heavy (non-hydrogen) atoms. The van der Waals surface area contributed by atoms with E-state index in [0.717, 1.165) is 53.8 Å². The molecule has 2 heterocycles. The summed E-state index contributed by atoms with van der Waals surface area (Å²) in [5.41, 5.74) is 5.98. The number of nitrogens with one attached hydrogen (secondary N) is 1. The molecule has 0 aliphatic carbocycles. The molecule has 1 saturated heterocycles. The van der Waals surface area contributed by atoms with Crippen LogP contribution in [0.4, 0.5) is 0 Å². The number of aryl methyl sites for hydroxylation is 2. The molecule has 160 valence electrons. The molecule has 2 aromatic carbocycles. The van der Waals surface area contributed by atoms with Gasteiger partial charge >= 0.3 is 0 Å². The van der Waals surface area contributed by atoms with Gasteiger partial charge in [0.15, 0.2) is 0 Å². The minimum absolute atomic E-state index is 0. The lowest BCUT2D eigenvalue weighted by atomic mass is 9.99. The average molecular weight is 446 g/mol. The van der Waals surface area contributed by atoms with E-state index in [-0.39, 0.29) is 30.7 Å². The maximum absolute atomic E-state index is 13.4. The van der Waals surface area contributed by atoms with Crippen molar-refractivity contribution in [3.8, 4) is 11.3 Å². The monoisotopic (exact) mass is 445 g/mol. The van der Waals surface area contributed by atoms with Crippen LogP contribution in [0.3, 0.4) is 0 Å². The van der Waals surface area contributed by atoms with E-state index in [4.69, 9.17) is 4.98 Å². The number of rotatable bonds is 4. The van der Waals surface area contributed by atoms with Crippen LogP contribution in [-0.2, 0) is 0 Å². The Kier molecular flexibility index (Phi) is 8.25. The van der Waals surface area contributed by atoms with Crippen LogP contribution in [0.1, 0.15) is 27.9 Å². The summed E-state index contributed by atoms with van der Waals surface area (Å²) in [5, 5.41) is 4.16. The summed E-state index contributed by atoms with van der Waals surface area (Å²) in [5.74, 6) is 0.643. The van der Waals surface area contributed by atoms with Crippen LogP contribution in [0, 0.1) is 19.8 Å². The molecule has 0 saturated carbocycles. The first-order valence-electron chi connectivity index (χ1n) is 9.98. The minimum Gasteiger partial charge on any atom is -0.338 e. The zero-order valence-corrected chi connectivity index (χ0v) is 19.3. The highest BCUT2D eigenvalue weighted by Crippen LogP contribution is 2.29. The van der Waals surface area contributed by atoms with Crippen LogP contribution in [0.2, 0.25) is 0 Å². The normalized spacial score (nSPS) is 15.6. The first-order valence-corrected chi connectivity index (χ1v) is 9.98. The number of likely N-dealkylation sites (tertiary alicyclic amines) is 1. The van der Waals surface area contributed by atoms with Crippen LogP contribution in [0.5, 0.6) is 0 Å². The van der Waals surface area contributed by atoms with Gasteiger partial charge < -0.3 is 10.2 Å². The molecule has 1 N–H and O–H groups in total. The molecule has 1 aliphatic rings. The van der Waals surface area contributed by atoms with Crippen molar-refractivity contribution in [2.45, 2.75) is 20.3 Å². The Morgan fingerprint density at radius 3 is 2.63 bits per heavy atom. The van der Waals surface area contributed by atoms with E-state index in [0.29, 0.717) is 5.92 Å². The van der Waals surface area contributed by atoms with E-state index in [2.05, 4.69) is 37.4 Å². The van der Waals surface area contributed by atoms with Gasteiger partial charge in [-0.15, -0.1) is 24.8 Å². The molecule has 1 fully saturated rings. The first kappa shape index (κ1) is 24.1. The topological polar surface area (TPSA) is 45.2 Å². The van der Waals surface area contributed by atoms with Crippen LogP contribution in [-0.4, -0.2) is 42.5 Å². The summed E-state index contributed by atoms with van der Waals surface area (Å²) >= 11 is 0. The van der Waals surface area contributed by atoms with Crippen LogP contribution < -0.4 is 5.32 Å². The van der Waals surface area contributed by atoms with E-state index in [1.165, 1.54) is 11.1 Å². The number of carbonyl (C=O) groups excluding carboxylic acids is 1. The van der Waals surface area contributed by atoms with Crippen LogP contribution in [0.15, 0.2) is 48.5 Å². The number of pyridine rings is 1. The van der Waals surface area contributed by atoms with E-state index >= 15 is 0 Å². The molecule has 1 aliphatic heterocycles. The largest absolute Gasteiger partial charge is 0.338 e. The molecule has 0 spiro atoms. The van der Waals surface area contributed by atoms with Gasteiger partial charge in [-0.2, -0.15) is 0 Å². The van der Waals surface area contributed by atoms with Gasteiger partial charge in [0.1, 0.15) is 0 Å². The number of carbonyl (C=O) groups is 1. The Hall–Kier alpha value is -2.14. The van der Waals surface area contributed by atoms with Crippen molar-refractivity contribution in [3.05, 3.63) is 65.2 Å². The number of hydrogen-bond acceptors (Lipinski definition) is 3. The Morgan fingerprint density at radius 2 is 1.90 bits per heavy atom. The summed E-state index contributed by atoms with van der Waals surface area (Å²) in [6, 6.07) is 16.3. The third-order valence-electron chi connectivity index (χ3n) is 5.67. The fraction of sp³-hybridized carbons (Fsp3) is 0.333. The average Bonchev–Trinajstić information content (AvgIpc) is 3.15. The molecule has 0 radical (unpaired) electrons. The molecule has 1 atom stereocenters. The highest BCUT2D eigenvalue weighted by atomic mass is 35.5. The van der Waals surface area contributed by atoms with Crippen molar-refractivity contribution >= 4 is 41.6 Å². The maximum atomic E-state index is 13.4. The van der Waals surface area contributed by atoms with Gasteiger partial charge in [0.05, 0.1) is 16.8 Å². The fourth-order valence-electron chi connectivity index (χ4n) is 4.23. The zero-order chi connectivity index (χ0) is 19.7. The molecular weight excluding hydrogens is 417 g/mol. The zero-order valence-electron chi connectivity index (χ0n) is 17.6. The lowest BCUT2D eigenvalue weighted by Gasteiger charge is -2.19. The molecule has 4 nitrogen and oxygen atoms in total. The third kappa shape index (κ3) is 4.77. The molecule has 1 aromatic heterocycles. The smallest absolute Gasteiger partial charge is 0.254 e. The second-order valence-corrected chi connectivity index (χ2v) is 7.85. The van der Waals surface area contributed by atoms with Crippen molar-refractivity contribution < 1.29 is 4.79 Å². The van der Waals surface area contributed by atoms with Gasteiger partial charge in [-0.05, 0) is 57.5 Å². The number of fused-ring (bicyclic) bond motifs is 1. The van der Waals surface area contributed by atoms with E-state index in [1.807, 2.05) is 42.3 Å². The fourth-order valence-corrected chi connectivity index (χ4v) is 4.23. The van der Waals surface area contributed by atoms with Crippen molar-refractivity contribution in [3.63, 3.8) is 0 Å². The minimum atomic E-state index is 0. The summed E-state index contributed by atoms with van der Waals surface area (Å²) in [4.78, 5) is 20.3. The van der Waals surface area contributed by atoms with Crippen molar-refractivity contribution in [2.75, 3.05) is 26.7 Å². The lowest BCUT2D eigenvalue weighted by molar-refractivity contribution is 0.0789. The number of aromatic nitrogens is 1. The molecule has 1 amide bonds. The van der Waals surface area contributed by atoms with Gasteiger partial charge in [0.2, 0.25) is 0 Å². The van der Waals surface area contributed by atoms with Gasteiger partial charge in [0, 0.05) is 24.0 Å². The second kappa shape index (κ2) is 10.3. The van der Waals surface area contributed by atoms with Gasteiger partial charge in [-0.3, -0.25) is 4.79 Å². The summed E-state index contributed by atoms with van der Waals surface area (Å²) < 4.78 is 0. The molecule has 4 rings (SSSR count). The first-order chi connectivity index (χ1) is 13.6. The third-order valence-corrected chi connectivity index (χ3v) is 5.67. The van der Waals surface area contributed by atoms with Crippen molar-refractivity contribution in [1.29, 1.82) is 0 Å².